The summed E-state index contributed by atoms with van der Waals surface area (Å²) >= 11 is 0. The quantitative estimate of drug-likeness (QED) is 0.301. The highest BCUT2D eigenvalue weighted by molar-refractivity contribution is 6.25. The predicted octanol–water partition coefficient (Wildman–Crippen LogP) is 6.15. The van der Waals surface area contributed by atoms with Crippen LogP contribution in [0.4, 0.5) is 10.5 Å². The first-order chi connectivity index (χ1) is 14.2. The molecule has 5 rings (SSSR count). The van der Waals surface area contributed by atoms with E-state index in [0.717, 1.165) is 33.7 Å². The fourth-order valence-electron chi connectivity index (χ4n) is 3.83. The van der Waals surface area contributed by atoms with Gasteiger partial charge in [0.2, 0.25) is 0 Å². The molecule has 4 nitrogen and oxygen atoms in total. The zero-order valence-corrected chi connectivity index (χ0v) is 15.5. The normalized spacial score (nSPS) is 11.2. The van der Waals surface area contributed by atoms with Gasteiger partial charge in [0.05, 0.1) is 5.69 Å². The molecule has 0 heterocycles. The van der Waals surface area contributed by atoms with Gasteiger partial charge in [-0.1, -0.05) is 72.8 Å². The zero-order valence-electron chi connectivity index (χ0n) is 15.5. The average Bonchev–Trinajstić information content (AvgIpc) is 2.77. The Hall–Kier alpha value is -3.92. The van der Waals surface area contributed by atoms with Gasteiger partial charge in [-0.3, -0.25) is 10.1 Å². The number of ether oxygens (including phenoxy) is 1. The van der Waals surface area contributed by atoms with E-state index in [9.17, 15) is 9.59 Å². The molecule has 0 bridgehead atoms. The van der Waals surface area contributed by atoms with Crippen molar-refractivity contribution in [3.63, 3.8) is 0 Å². The largest absolute Gasteiger partial charge is 0.444 e. The highest BCUT2D eigenvalue weighted by Crippen LogP contribution is 2.37. The van der Waals surface area contributed by atoms with E-state index in [4.69, 9.17) is 4.74 Å². The SMILES string of the molecule is O=Cc1ccc(COC(=O)Nc2ccc3ccc4cccc5ccc2c3c45)cc1. The maximum Gasteiger partial charge on any atom is 0.411 e. The van der Waals surface area contributed by atoms with Crippen molar-refractivity contribution in [2.75, 3.05) is 5.32 Å². The number of hydrogen-bond donors (Lipinski definition) is 1. The first-order valence-electron chi connectivity index (χ1n) is 9.37. The van der Waals surface area contributed by atoms with Crippen molar-refractivity contribution in [1.29, 1.82) is 0 Å². The van der Waals surface area contributed by atoms with Crippen LogP contribution in [0.1, 0.15) is 15.9 Å². The van der Waals surface area contributed by atoms with Crippen LogP contribution in [-0.2, 0) is 11.3 Å². The Labute approximate surface area is 167 Å². The fourth-order valence-corrected chi connectivity index (χ4v) is 3.83. The summed E-state index contributed by atoms with van der Waals surface area (Å²) in [4.78, 5) is 23.1. The lowest BCUT2D eigenvalue weighted by molar-refractivity contribution is 0.112. The van der Waals surface area contributed by atoms with Gasteiger partial charge in [-0.15, -0.1) is 0 Å². The van der Waals surface area contributed by atoms with Crippen LogP contribution in [0.2, 0.25) is 0 Å². The van der Waals surface area contributed by atoms with Gasteiger partial charge >= 0.3 is 6.09 Å². The van der Waals surface area contributed by atoms with Gasteiger partial charge in [0.25, 0.3) is 0 Å². The molecule has 140 valence electrons. The Morgan fingerprint density at radius 1 is 0.793 bits per heavy atom. The van der Waals surface area contributed by atoms with Crippen LogP contribution in [0, 0.1) is 0 Å². The lowest BCUT2D eigenvalue weighted by Crippen LogP contribution is -2.13. The number of aldehydes is 1. The number of anilines is 1. The summed E-state index contributed by atoms with van der Waals surface area (Å²) in [6, 6.07) is 25.5. The van der Waals surface area contributed by atoms with Crippen LogP contribution < -0.4 is 5.32 Å². The van der Waals surface area contributed by atoms with Crippen LogP contribution in [-0.4, -0.2) is 12.4 Å². The summed E-state index contributed by atoms with van der Waals surface area (Å²) in [6.45, 7) is 0.136. The summed E-state index contributed by atoms with van der Waals surface area (Å²) in [6.07, 6.45) is 0.269. The molecular formula is C25H17NO3. The third-order valence-corrected chi connectivity index (χ3v) is 5.25. The molecule has 0 atom stereocenters. The Balaban J connectivity index is 1.43. The Bertz CT molecular complexity index is 1340. The molecule has 1 amide bonds. The van der Waals surface area contributed by atoms with E-state index in [0.29, 0.717) is 5.56 Å². The lowest BCUT2D eigenvalue weighted by atomic mass is 9.93. The van der Waals surface area contributed by atoms with Crippen LogP contribution in [0.15, 0.2) is 78.9 Å². The van der Waals surface area contributed by atoms with E-state index >= 15 is 0 Å². The zero-order chi connectivity index (χ0) is 19.8. The number of nitrogens with one attached hydrogen (secondary N) is 1. The van der Waals surface area contributed by atoms with Crippen LogP contribution in [0.25, 0.3) is 32.3 Å². The van der Waals surface area contributed by atoms with Gasteiger partial charge in [0, 0.05) is 10.9 Å². The minimum Gasteiger partial charge on any atom is -0.444 e. The van der Waals surface area contributed by atoms with Crippen molar-refractivity contribution >= 4 is 50.4 Å². The van der Waals surface area contributed by atoms with Crippen molar-refractivity contribution in [2.45, 2.75) is 6.61 Å². The monoisotopic (exact) mass is 379 g/mol. The first-order valence-corrected chi connectivity index (χ1v) is 9.37. The number of carbonyl (C=O) groups excluding carboxylic acids is 2. The number of carbonyl (C=O) groups is 2. The van der Waals surface area contributed by atoms with Crippen LogP contribution in [0.3, 0.4) is 0 Å². The van der Waals surface area contributed by atoms with Crippen LogP contribution >= 0.6 is 0 Å². The molecule has 0 aliphatic heterocycles. The molecule has 0 aliphatic carbocycles. The predicted molar refractivity (Wildman–Crippen MR) is 116 cm³/mol. The fraction of sp³-hybridized carbons (Fsp3) is 0.0400. The minimum absolute atomic E-state index is 0.136. The molecular weight excluding hydrogens is 362 g/mol. The summed E-state index contributed by atoms with van der Waals surface area (Å²) < 4.78 is 5.36. The Kier molecular flexibility index (Phi) is 4.10. The maximum absolute atomic E-state index is 12.4. The van der Waals surface area contributed by atoms with E-state index in [1.165, 1.54) is 16.2 Å². The molecule has 0 fully saturated rings. The van der Waals surface area contributed by atoms with Crippen molar-refractivity contribution in [3.8, 4) is 0 Å². The smallest absolute Gasteiger partial charge is 0.411 e. The molecule has 0 aromatic heterocycles. The third-order valence-electron chi connectivity index (χ3n) is 5.25. The van der Waals surface area contributed by atoms with E-state index in [1.807, 2.05) is 18.2 Å². The summed E-state index contributed by atoms with van der Waals surface area (Å²) in [5, 5.41) is 9.70. The standard InChI is InChI=1S/C25H17NO3/c27-14-16-4-6-17(7-5-16)15-29-25(28)26-22-13-11-20-9-8-18-2-1-3-19-10-12-21(22)24(20)23(18)19/h1-14H,15H2,(H,26,28). The highest BCUT2D eigenvalue weighted by atomic mass is 16.5. The number of amides is 1. The van der Waals surface area contributed by atoms with E-state index in [1.54, 1.807) is 24.3 Å². The molecule has 0 unspecified atom stereocenters. The Morgan fingerprint density at radius 3 is 2.17 bits per heavy atom. The van der Waals surface area contributed by atoms with Gasteiger partial charge < -0.3 is 4.74 Å². The van der Waals surface area contributed by atoms with Gasteiger partial charge in [-0.2, -0.15) is 0 Å². The van der Waals surface area contributed by atoms with Crippen molar-refractivity contribution in [1.82, 2.24) is 0 Å². The average molecular weight is 379 g/mol. The molecule has 0 saturated carbocycles. The maximum atomic E-state index is 12.4. The molecule has 0 spiro atoms. The van der Waals surface area contributed by atoms with E-state index in [-0.39, 0.29) is 6.61 Å². The van der Waals surface area contributed by atoms with Gasteiger partial charge in [0.1, 0.15) is 12.9 Å². The molecule has 1 N–H and O–H groups in total. The van der Waals surface area contributed by atoms with E-state index < -0.39 is 6.09 Å². The van der Waals surface area contributed by atoms with Gasteiger partial charge in [-0.05, 0) is 38.6 Å². The molecule has 0 aliphatic rings. The van der Waals surface area contributed by atoms with Crippen molar-refractivity contribution < 1.29 is 14.3 Å². The molecule has 5 aromatic rings. The lowest BCUT2D eigenvalue weighted by Gasteiger charge is -2.14. The second-order valence-electron chi connectivity index (χ2n) is 7.03. The van der Waals surface area contributed by atoms with Gasteiger partial charge in [-0.25, -0.2) is 4.79 Å². The minimum atomic E-state index is -0.514. The molecule has 0 radical (unpaired) electrons. The van der Waals surface area contributed by atoms with Crippen molar-refractivity contribution in [2.24, 2.45) is 0 Å². The molecule has 5 aromatic carbocycles. The molecule has 29 heavy (non-hydrogen) atoms. The number of benzene rings is 5. The second-order valence-corrected chi connectivity index (χ2v) is 7.03. The number of rotatable bonds is 4. The third kappa shape index (κ3) is 3.05. The molecule has 0 saturated heterocycles. The summed E-state index contributed by atoms with van der Waals surface area (Å²) in [5.74, 6) is 0. The summed E-state index contributed by atoms with van der Waals surface area (Å²) in [7, 11) is 0. The van der Waals surface area contributed by atoms with E-state index in [2.05, 4.69) is 41.7 Å². The molecule has 4 heteroatoms. The topological polar surface area (TPSA) is 55.4 Å². The summed E-state index contributed by atoms with van der Waals surface area (Å²) in [5.41, 5.74) is 2.13. The van der Waals surface area contributed by atoms with Crippen LogP contribution in [0.5, 0.6) is 0 Å². The second kappa shape index (κ2) is 6.91. The highest BCUT2D eigenvalue weighted by Gasteiger charge is 2.12. The van der Waals surface area contributed by atoms with Gasteiger partial charge in [0.15, 0.2) is 0 Å². The number of hydrogen-bond acceptors (Lipinski definition) is 3. The first kappa shape index (κ1) is 17.2. The Morgan fingerprint density at radius 2 is 1.45 bits per heavy atom. The van der Waals surface area contributed by atoms with Crippen molar-refractivity contribution in [3.05, 3.63) is 90.0 Å².